The van der Waals surface area contributed by atoms with Gasteiger partial charge in [0.1, 0.15) is 23.8 Å². The Labute approximate surface area is 186 Å². The van der Waals surface area contributed by atoms with Gasteiger partial charge in [-0.25, -0.2) is 8.42 Å². The third-order valence-electron chi connectivity index (χ3n) is 4.18. The summed E-state index contributed by atoms with van der Waals surface area (Å²) >= 11 is 1.62. The molecule has 0 fully saturated rings. The average Bonchev–Trinajstić information content (AvgIpc) is 3.26. The monoisotopic (exact) mass is 460 g/mol. The fourth-order valence-electron chi connectivity index (χ4n) is 2.72. The van der Waals surface area contributed by atoms with E-state index in [2.05, 4.69) is 5.32 Å². The minimum Gasteiger partial charge on any atom is -0.468 e. The molecule has 2 aromatic carbocycles. The number of amides is 1. The van der Waals surface area contributed by atoms with Gasteiger partial charge in [-0.3, -0.25) is 9.10 Å². The number of nitrogens with zero attached hydrogens (tertiary/aromatic N) is 1. The van der Waals surface area contributed by atoms with E-state index in [-0.39, 0.29) is 12.5 Å². The van der Waals surface area contributed by atoms with E-state index in [1.165, 1.54) is 0 Å². The molecule has 0 atom stereocenters. The van der Waals surface area contributed by atoms with Crippen molar-refractivity contribution in [3.8, 4) is 11.5 Å². The zero-order chi connectivity index (χ0) is 22.1. The maximum atomic E-state index is 12.3. The van der Waals surface area contributed by atoms with Crippen molar-refractivity contribution in [2.24, 2.45) is 0 Å². The molecule has 0 aliphatic carbocycles. The first-order chi connectivity index (χ1) is 14.9. The Morgan fingerprint density at radius 3 is 2.39 bits per heavy atom. The van der Waals surface area contributed by atoms with Gasteiger partial charge in [-0.2, -0.15) is 11.8 Å². The summed E-state index contributed by atoms with van der Waals surface area (Å²) in [5.41, 5.74) is 0.394. The fraction of sp³-hybridized carbons (Fsp3) is 0.227. The second-order valence-corrected chi connectivity index (χ2v) is 9.67. The number of rotatable bonds is 11. The smallest absolute Gasteiger partial charge is 0.240 e. The summed E-state index contributed by atoms with van der Waals surface area (Å²) in [5.74, 6) is 3.17. The van der Waals surface area contributed by atoms with E-state index in [1.807, 2.05) is 42.5 Å². The average molecular weight is 461 g/mol. The maximum absolute atomic E-state index is 12.3. The number of carbonyl (C=O) groups excluding carboxylic acids is 1. The molecule has 0 saturated heterocycles. The quantitative estimate of drug-likeness (QED) is 0.437. The first-order valence-corrected chi connectivity index (χ1v) is 12.6. The lowest BCUT2D eigenvalue weighted by Gasteiger charge is -2.22. The standard InChI is InChI=1S/C22H24N2O5S2/c1-31(26,27)24(16-22(25)23-13-15-30-17-21-8-5-14-28-21)18-9-11-20(12-10-18)29-19-6-3-2-4-7-19/h2-12,14H,13,15-17H2,1H3,(H,23,25). The van der Waals surface area contributed by atoms with Crippen LogP contribution in [0.4, 0.5) is 5.69 Å². The number of anilines is 1. The molecule has 0 bridgehead atoms. The number of ether oxygens (including phenoxy) is 1. The van der Waals surface area contributed by atoms with E-state index < -0.39 is 10.0 Å². The van der Waals surface area contributed by atoms with E-state index in [0.717, 1.165) is 22.1 Å². The van der Waals surface area contributed by atoms with Crippen molar-refractivity contribution in [2.75, 3.05) is 29.4 Å². The zero-order valence-corrected chi connectivity index (χ0v) is 18.7. The molecule has 3 aromatic rings. The summed E-state index contributed by atoms with van der Waals surface area (Å²) in [4.78, 5) is 12.3. The van der Waals surface area contributed by atoms with Gasteiger partial charge in [0.25, 0.3) is 0 Å². The van der Waals surface area contributed by atoms with Crippen LogP contribution in [0.15, 0.2) is 77.4 Å². The van der Waals surface area contributed by atoms with Crippen LogP contribution in [0.25, 0.3) is 0 Å². The molecule has 0 aliphatic rings. The Hall–Kier alpha value is -2.91. The second-order valence-electron chi connectivity index (χ2n) is 6.66. The number of hydrogen-bond donors (Lipinski definition) is 1. The molecule has 3 rings (SSSR count). The molecule has 1 aromatic heterocycles. The zero-order valence-electron chi connectivity index (χ0n) is 17.1. The van der Waals surface area contributed by atoms with Gasteiger partial charge >= 0.3 is 0 Å². The molecule has 0 unspecified atom stereocenters. The Bertz CT molecular complexity index is 1050. The molecule has 0 radical (unpaired) electrons. The highest BCUT2D eigenvalue weighted by atomic mass is 32.2. The molecule has 1 amide bonds. The normalized spacial score (nSPS) is 11.1. The van der Waals surface area contributed by atoms with Gasteiger partial charge in [-0.1, -0.05) is 18.2 Å². The van der Waals surface area contributed by atoms with E-state index in [0.29, 0.717) is 29.5 Å². The number of para-hydroxylation sites is 1. The van der Waals surface area contributed by atoms with Crippen LogP contribution < -0.4 is 14.4 Å². The van der Waals surface area contributed by atoms with E-state index in [4.69, 9.17) is 9.15 Å². The van der Waals surface area contributed by atoms with Crippen LogP contribution in [0.5, 0.6) is 11.5 Å². The topological polar surface area (TPSA) is 88.9 Å². The number of hydrogen-bond acceptors (Lipinski definition) is 6. The van der Waals surface area contributed by atoms with Gasteiger partial charge in [0, 0.05) is 12.3 Å². The minimum absolute atomic E-state index is 0.291. The van der Waals surface area contributed by atoms with E-state index in [9.17, 15) is 13.2 Å². The second kappa shape index (κ2) is 10.9. The van der Waals surface area contributed by atoms with Crippen LogP contribution in [-0.2, 0) is 20.6 Å². The van der Waals surface area contributed by atoms with E-state index in [1.54, 1.807) is 42.3 Å². The molecular weight excluding hydrogens is 436 g/mol. The highest BCUT2D eigenvalue weighted by Crippen LogP contribution is 2.25. The van der Waals surface area contributed by atoms with E-state index >= 15 is 0 Å². The molecule has 0 saturated carbocycles. The van der Waals surface area contributed by atoms with Crippen molar-refractivity contribution < 1.29 is 22.4 Å². The van der Waals surface area contributed by atoms with Gasteiger partial charge in [-0.15, -0.1) is 0 Å². The lowest BCUT2D eigenvalue weighted by molar-refractivity contribution is -0.119. The fourth-order valence-corrected chi connectivity index (χ4v) is 4.33. The molecule has 1 N–H and O–H groups in total. The van der Waals surface area contributed by atoms with Crippen molar-refractivity contribution in [2.45, 2.75) is 5.75 Å². The van der Waals surface area contributed by atoms with Crippen molar-refractivity contribution in [1.29, 1.82) is 0 Å². The van der Waals surface area contributed by atoms with Crippen LogP contribution in [0.3, 0.4) is 0 Å². The summed E-state index contributed by atoms with van der Waals surface area (Å²) in [7, 11) is -3.64. The van der Waals surface area contributed by atoms with Gasteiger partial charge in [-0.05, 0) is 48.5 Å². The van der Waals surface area contributed by atoms with Gasteiger partial charge < -0.3 is 14.5 Å². The third kappa shape index (κ3) is 7.37. The predicted molar refractivity (Wildman–Crippen MR) is 123 cm³/mol. The number of thioether (sulfide) groups is 1. The highest BCUT2D eigenvalue weighted by molar-refractivity contribution is 7.98. The summed E-state index contributed by atoms with van der Waals surface area (Å²) < 4.78 is 36.6. The van der Waals surface area contributed by atoms with Crippen LogP contribution in [0.1, 0.15) is 5.76 Å². The number of nitrogens with one attached hydrogen (secondary N) is 1. The Morgan fingerprint density at radius 2 is 1.74 bits per heavy atom. The van der Waals surface area contributed by atoms with Crippen LogP contribution >= 0.6 is 11.8 Å². The third-order valence-corrected chi connectivity index (χ3v) is 6.31. The molecule has 1 heterocycles. The summed E-state index contributed by atoms with van der Waals surface area (Å²) in [6.45, 7) is 0.145. The van der Waals surface area contributed by atoms with Crippen molar-refractivity contribution in [3.05, 3.63) is 78.8 Å². The largest absolute Gasteiger partial charge is 0.468 e. The molecule has 0 spiro atoms. The summed E-state index contributed by atoms with van der Waals surface area (Å²) in [5, 5.41) is 2.76. The number of furan rings is 1. The molecule has 9 heteroatoms. The van der Waals surface area contributed by atoms with Crippen molar-refractivity contribution >= 4 is 33.4 Å². The molecule has 164 valence electrons. The van der Waals surface area contributed by atoms with Gasteiger partial charge in [0.2, 0.25) is 15.9 Å². The molecule has 31 heavy (non-hydrogen) atoms. The molecule has 7 nitrogen and oxygen atoms in total. The van der Waals surface area contributed by atoms with Crippen molar-refractivity contribution in [1.82, 2.24) is 5.32 Å². The lowest BCUT2D eigenvalue weighted by Crippen LogP contribution is -2.41. The Balaban J connectivity index is 1.53. The number of carbonyl (C=O) groups is 1. The summed E-state index contributed by atoms with van der Waals surface area (Å²) in [6, 6.07) is 19.6. The highest BCUT2D eigenvalue weighted by Gasteiger charge is 2.20. The van der Waals surface area contributed by atoms with Crippen LogP contribution in [-0.4, -0.2) is 39.4 Å². The van der Waals surface area contributed by atoms with Crippen LogP contribution in [0.2, 0.25) is 0 Å². The maximum Gasteiger partial charge on any atom is 0.240 e. The molecule has 0 aliphatic heterocycles. The lowest BCUT2D eigenvalue weighted by atomic mass is 10.3. The first kappa shape index (κ1) is 22.8. The predicted octanol–water partition coefficient (Wildman–Crippen LogP) is 3.89. The minimum atomic E-state index is -3.64. The number of sulfonamides is 1. The summed E-state index contributed by atoms with van der Waals surface area (Å²) in [6.07, 6.45) is 2.70. The Morgan fingerprint density at radius 1 is 1.03 bits per heavy atom. The molecular formula is C22H24N2O5S2. The first-order valence-electron chi connectivity index (χ1n) is 9.59. The SMILES string of the molecule is CS(=O)(=O)N(CC(=O)NCCSCc1ccco1)c1ccc(Oc2ccccc2)cc1. The van der Waals surface area contributed by atoms with Crippen molar-refractivity contribution in [3.63, 3.8) is 0 Å². The van der Waals surface area contributed by atoms with Gasteiger partial charge in [0.15, 0.2) is 0 Å². The van der Waals surface area contributed by atoms with Gasteiger partial charge in [0.05, 0.1) is 24.0 Å². The number of benzene rings is 2. The Kier molecular flexibility index (Phi) is 8.02. The van der Waals surface area contributed by atoms with Crippen LogP contribution in [0, 0.1) is 0 Å².